The van der Waals surface area contributed by atoms with Crippen molar-refractivity contribution >= 4 is 42.1 Å². The molecule has 0 unspecified atom stereocenters. The monoisotopic (exact) mass is 353 g/mol. The lowest BCUT2D eigenvalue weighted by molar-refractivity contribution is -0.121. The van der Waals surface area contributed by atoms with Gasteiger partial charge in [-0.05, 0) is 43.4 Å². The topological polar surface area (TPSA) is 44.4 Å². The molecule has 2 heterocycles. The summed E-state index contributed by atoms with van der Waals surface area (Å²) in [6.07, 6.45) is 2.68. The van der Waals surface area contributed by atoms with Crippen LogP contribution in [0.2, 0.25) is 0 Å². The molecule has 0 saturated carbocycles. The van der Waals surface area contributed by atoms with Gasteiger partial charge in [0, 0.05) is 37.5 Å². The lowest BCUT2D eigenvalue weighted by atomic mass is 10.1. The number of hydrogen-bond donors (Lipinski definition) is 2. The predicted octanol–water partition coefficient (Wildman–Crippen LogP) is 2.07. The Morgan fingerprint density at radius 3 is 2.95 bits per heavy atom. The summed E-state index contributed by atoms with van der Waals surface area (Å²) in [4.78, 5) is 15.5. The Balaban J connectivity index is 0.00000200. The predicted molar refractivity (Wildman–Crippen MR) is 94.0 cm³/mol. The van der Waals surface area contributed by atoms with Crippen LogP contribution in [0.4, 0.5) is 0 Å². The first-order chi connectivity index (χ1) is 9.29. The Hall–Kier alpha value is -0.330. The van der Waals surface area contributed by atoms with Crippen molar-refractivity contribution in [3.05, 3.63) is 21.9 Å². The van der Waals surface area contributed by atoms with Crippen LogP contribution in [0.5, 0.6) is 0 Å². The minimum absolute atomic E-state index is 0. The number of carbonyl (C=O) groups is 1. The van der Waals surface area contributed by atoms with Crippen LogP contribution in [0.3, 0.4) is 0 Å². The van der Waals surface area contributed by atoms with Crippen molar-refractivity contribution in [1.29, 1.82) is 0 Å². The van der Waals surface area contributed by atoms with E-state index in [1.54, 1.807) is 0 Å². The highest BCUT2D eigenvalue weighted by Crippen LogP contribution is 2.23. The van der Waals surface area contributed by atoms with Crippen LogP contribution >= 0.6 is 36.2 Å². The molecule has 7 heteroatoms. The third kappa shape index (κ3) is 6.98. The molecule has 1 aliphatic rings. The smallest absolute Gasteiger partial charge is 0.220 e. The van der Waals surface area contributed by atoms with E-state index in [4.69, 9.17) is 0 Å². The number of nitrogens with one attached hydrogen (secondary N) is 2. The van der Waals surface area contributed by atoms with Crippen LogP contribution in [-0.2, 0) is 17.8 Å². The molecule has 1 amide bonds. The third-order valence-corrected chi connectivity index (χ3v) is 4.49. The van der Waals surface area contributed by atoms with Crippen molar-refractivity contribution < 1.29 is 4.79 Å². The van der Waals surface area contributed by atoms with Gasteiger partial charge < -0.3 is 10.6 Å². The minimum Gasteiger partial charge on any atom is -0.355 e. The maximum absolute atomic E-state index is 11.6. The fourth-order valence-corrected chi connectivity index (χ4v) is 3.25. The summed E-state index contributed by atoms with van der Waals surface area (Å²) in [5, 5.41) is 8.23. The molecule has 0 aliphatic carbocycles. The first-order valence-electron chi connectivity index (χ1n) is 6.98. The average Bonchev–Trinajstić information content (AvgIpc) is 2.86. The molecule has 0 atom stereocenters. The van der Waals surface area contributed by atoms with E-state index in [1.165, 1.54) is 10.4 Å². The molecular weight excluding hydrogens is 329 g/mol. The average molecular weight is 354 g/mol. The zero-order chi connectivity index (χ0) is 13.5. The highest BCUT2D eigenvalue weighted by molar-refractivity contribution is 7.10. The van der Waals surface area contributed by atoms with Gasteiger partial charge in [-0.2, -0.15) is 0 Å². The Labute approximate surface area is 143 Å². The van der Waals surface area contributed by atoms with Crippen LogP contribution < -0.4 is 10.6 Å². The van der Waals surface area contributed by atoms with Gasteiger partial charge in [-0.25, -0.2) is 0 Å². The van der Waals surface area contributed by atoms with E-state index in [-0.39, 0.29) is 30.7 Å². The van der Waals surface area contributed by atoms with Gasteiger partial charge in [-0.15, -0.1) is 36.2 Å². The van der Waals surface area contributed by atoms with Crippen molar-refractivity contribution in [1.82, 2.24) is 15.5 Å². The second-order valence-corrected chi connectivity index (χ2v) is 5.95. The molecule has 0 aromatic carbocycles. The van der Waals surface area contributed by atoms with Gasteiger partial charge in [0.25, 0.3) is 0 Å². The third-order valence-electron chi connectivity index (χ3n) is 3.47. The molecule has 0 bridgehead atoms. The second kappa shape index (κ2) is 11.3. The number of nitrogens with zero attached hydrogens (tertiary/aromatic N) is 1. The summed E-state index contributed by atoms with van der Waals surface area (Å²) in [5.74, 6) is 0.170. The molecule has 1 aliphatic heterocycles. The molecule has 2 N–H and O–H groups in total. The summed E-state index contributed by atoms with van der Waals surface area (Å²) in [5.41, 5.74) is 1.47. The zero-order valence-electron chi connectivity index (χ0n) is 12.4. The quantitative estimate of drug-likeness (QED) is 0.737. The van der Waals surface area contributed by atoms with E-state index in [2.05, 4.69) is 27.0 Å². The van der Waals surface area contributed by atoms with Crippen molar-refractivity contribution in [3.63, 3.8) is 0 Å². The fourth-order valence-electron chi connectivity index (χ4n) is 2.37. The zero-order valence-corrected chi connectivity index (χ0v) is 14.8. The van der Waals surface area contributed by atoms with E-state index >= 15 is 0 Å². The van der Waals surface area contributed by atoms with E-state index in [0.29, 0.717) is 6.42 Å². The van der Waals surface area contributed by atoms with E-state index < -0.39 is 0 Å². The Morgan fingerprint density at radius 1 is 1.38 bits per heavy atom. The standard InChI is InChI=1S/C14H23N3OS.2ClH/c1-15-6-2-3-14(18)16-7-9-17-8-4-13-12(11-17)5-10-19-13;;/h5,10,15H,2-4,6-9,11H2,1H3,(H,16,18);2*1H. The summed E-state index contributed by atoms with van der Waals surface area (Å²) in [6.45, 7) is 4.77. The fraction of sp³-hybridized carbons (Fsp3) is 0.643. The summed E-state index contributed by atoms with van der Waals surface area (Å²) in [6, 6.07) is 2.22. The minimum atomic E-state index is 0. The lowest BCUT2D eigenvalue weighted by Crippen LogP contribution is -2.37. The first kappa shape index (κ1) is 20.7. The number of carbonyl (C=O) groups excluding carboxylic acids is 1. The number of fused-ring (bicyclic) bond motifs is 1. The summed E-state index contributed by atoms with van der Waals surface area (Å²) >= 11 is 1.87. The lowest BCUT2D eigenvalue weighted by Gasteiger charge is -2.26. The molecule has 21 heavy (non-hydrogen) atoms. The molecule has 1 aromatic heterocycles. The Morgan fingerprint density at radius 2 is 2.19 bits per heavy atom. The first-order valence-corrected chi connectivity index (χ1v) is 7.86. The number of thiophene rings is 1. The second-order valence-electron chi connectivity index (χ2n) is 4.95. The highest BCUT2D eigenvalue weighted by Gasteiger charge is 2.16. The van der Waals surface area contributed by atoms with Gasteiger partial charge in [-0.1, -0.05) is 0 Å². The molecule has 122 valence electrons. The Bertz CT molecular complexity index is 415. The van der Waals surface area contributed by atoms with Crippen LogP contribution in [0, 0.1) is 0 Å². The van der Waals surface area contributed by atoms with Crippen LogP contribution in [0.25, 0.3) is 0 Å². The largest absolute Gasteiger partial charge is 0.355 e. The van der Waals surface area contributed by atoms with Crippen LogP contribution in [0.1, 0.15) is 23.3 Å². The SMILES string of the molecule is CNCCCC(=O)NCCN1CCc2sccc2C1.Cl.Cl. The maximum atomic E-state index is 11.6. The van der Waals surface area contributed by atoms with Crippen molar-refractivity contribution in [2.75, 3.05) is 33.2 Å². The van der Waals surface area contributed by atoms with Crippen LogP contribution in [-0.4, -0.2) is 44.0 Å². The van der Waals surface area contributed by atoms with E-state index in [1.807, 2.05) is 18.4 Å². The molecule has 4 nitrogen and oxygen atoms in total. The van der Waals surface area contributed by atoms with Gasteiger partial charge >= 0.3 is 0 Å². The maximum Gasteiger partial charge on any atom is 0.220 e. The molecule has 0 spiro atoms. The van der Waals surface area contributed by atoms with Crippen LogP contribution in [0.15, 0.2) is 11.4 Å². The molecule has 2 rings (SSSR count). The van der Waals surface area contributed by atoms with Gasteiger partial charge in [0.1, 0.15) is 0 Å². The number of rotatable bonds is 7. The number of halogens is 2. The van der Waals surface area contributed by atoms with E-state index in [9.17, 15) is 4.79 Å². The van der Waals surface area contributed by atoms with Crippen molar-refractivity contribution in [2.45, 2.75) is 25.8 Å². The molecule has 0 fully saturated rings. The van der Waals surface area contributed by atoms with Gasteiger partial charge in [0.05, 0.1) is 0 Å². The van der Waals surface area contributed by atoms with Gasteiger partial charge in [-0.3, -0.25) is 9.69 Å². The Kier molecular flexibility index (Phi) is 11.1. The van der Waals surface area contributed by atoms with E-state index in [0.717, 1.165) is 45.6 Å². The van der Waals surface area contributed by atoms with Gasteiger partial charge in [0.15, 0.2) is 0 Å². The highest BCUT2D eigenvalue weighted by atomic mass is 35.5. The summed E-state index contributed by atoms with van der Waals surface area (Å²) in [7, 11) is 1.91. The molecule has 1 aromatic rings. The molecule has 0 saturated heterocycles. The van der Waals surface area contributed by atoms with Crippen molar-refractivity contribution in [2.24, 2.45) is 0 Å². The normalized spacial score (nSPS) is 13.8. The molecule has 0 radical (unpaired) electrons. The molecular formula is C14H25Cl2N3OS. The number of hydrogen-bond acceptors (Lipinski definition) is 4. The van der Waals surface area contributed by atoms with Crippen molar-refractivity contribution in [3.8, 4) is 0 Å². The summed E-state index contributed by atoms with van der Waals surface area (Å²) < 4.78 is 0. The van der Waals surface area contributed by atoms with Gasteiger partial charge in [0.2, 0.25) is 5.91 Å². The number of amides is 1.